The minimum atomic E-state index is -1.08. The van der Waals surface area contributed by atoms with E-state index in [2.05, 4.69) is 0 Å². The lowest BCUT2D eigenvalue weighted by atomic mass is 10.2. The highest BCUT2D eigenvalue weighted by molar-refractivity contribution is 7.15. The van der Waals surface area contributed by atoms with Crippen molar-refractivity contribution in [3.05, 3.63) is 27.1 Å². The Morgan fingerprint density at radius 3 is 2.80 bits per heavy atom. The fourth-order valence-electron chi connectivity index (χ4n) is 1.03. The van der Waals surface area contributed by atoms with E-state index in [-0.39, 0.29) is 11.4 Å². The summed E-state index contributed by atoms with van der Waals surface area (Å²) in [5.41, 5.74) is 0. The fraction of sp³-hybridized carbons (Fsp3) is 0.375. The second-order valence-electron chi connectivity index (χ2n) is 2.76. The van der Waals surface area contributed by atoms with Crippen molar-refractivity contribution in [2.45, 2.75) is 12.5 Å². The molecule has 0 aliphatic rings. The number of rotatable bonds is 5. The number of hydrogen-bond acceptors (Lipinski definition) is 5. The molecule has 0 saturated heterocycles. The molecule has 1 atom stereocenters. The maximum Gasteiger partial charge on any atom is 0.333 e. The van der Waals surface area contributed by atoms with Gasteiger partial charge in [-0.05, 0) is 6.07 Å². The van der Waals surface area contributed by atoms with Gasteiger partial charge < -0.3 is 9.84 Å². The van der Waals surface area contributed by atoms with E-state index in [1.54, 1.807) is 0 Å². The maximum atomic E-state index is 10.6. The van der Waals surface area contributed by atoms with Gasteiger partial charge in [-0.2, -0.15) is 0 Å². The molecule has 0 aliphatic heterocycles. The number of nitro groups is 1. The van der Waals surface area contributed by atoms with Gasteiger partial charge in [0.15, 0.2) is 6.10 Å². The summed E-state index contributed by atoms with van der Waals surface area (Å²) in [5.74, 6) is -1.08. The Balaban J connectivity index is 2.71. The SMILES string of the molecule is COC(Cc1ccc([N+](=O)[O-])s1)C(=O)O. The Kier molecular flexibility index (Phi) is 3.75. The molecule has 1 rings (SSSR count). The first-order valence-corrected chi connectivity index (χ1v) is 4.85. The number of carboxylic acids is 1. The van der Waals surface area contributed by atoms with Crippen molar-refractivity contribution in [3.63, 3.8) is 0 Å². The number of carboxylic acid groups (broad SMARTS) is 1. The summed E-state index contributed by atoms with van der Waals surface area (Å²) in [6.07, 6.45) is -0.812. The molecule has 1 aromatic heterocycles. The molecule has 0 aromatic carbocycles. The molecule has 6 nitrogen and oxygen atoms in total. The lowest BCUT2D eigenvalue weighted by Gasteiger charge is -2.07. The minimum Gasteiger partial charge on any atom is -0.479 e. The predicted octanol–water partition coefficient (Wildman–Crippen LogP) is 1.30. The number of thiophene rings is 1. The Bertz CT molecular complexity index is 375. The van der Waals surface area contributed by atoms with Crippen LogP contribution in [0.2, 0.25) is 0 Å². The van der Waals surface area contributed by atoms with Crippen LogP contribution in [-0.4, -0.2) is 29.2 Å². The van der Waals surface area contributed by atoms with E-state index in [1.807, 2.05) is 0 Å². The fourth-order valence-corrected chi connectivity index (χ4v) is 1.88. The second-order valence-corrected chi connectivity index (χ2v) is 3.91. The molecular formula is C8H9NO5S. The van der Waals surface area contributed by atoms with Gasteiger partial charge in [-0.15, -0.1) is 0 Å². The summed E-state index contributed by atoms with van der Waals surface area (Å²) in [6, 6.07) is 2.90. The smallest absolute Gasteiger partial charge is 0.333 e. The van der Waals surface area contributed by atoms with Crippen LogP contribution < -0.4 is 0 Å². The number of carbonyl (C=O) groups is 1. The quantitative estimate of drug-likeness (QED) is 0.609. The molecule has 0 fully saturated rings. The minimum absolute atomic E-state index is 0.00485. The molecule has 0 aliphatic carbocycles. The van der Waals surface area contributed by atoms with Crippen LogP contribution in [0.1, 0.15) is 4.88 Å². The zero-order valence-electron chi connectivity index (χ0n) is 7.87. The lowest BCUT2D eigenvalue weighted by molar-refractivity contribution is -0.380. The Hall–Kier alpha value is -1.47. The van der Waals surface area contributed by atoms with E-state index in [9.17, 15) is 14.9 Å². The maximum absolute atomic E-state index is 10.6. The molecule has 0 saturated carbocycles. The van der Waals surface area contributed by atoms with Crippen LogP contribution in [-0.2, 0) is 16.0 Å². The third-order valence-corrected chi connectivity index (χ3v) is 2.83. The van der Waals surface area contributed by atoms with Crippen molar-refractivity contribution in [1.82, 2.24) is 0 Å². The average molecular weight is 231 g/mol. The zero-order valence-corrected chi connectivity index (χ0v) is 8.69. The van der Waals surface area contributed by atoms with E-state index in [4.69, 9.17) is 9.84 Å². The first-order chi connectivity index (χ1) is 7.04. The molecule has 0 spiro atoms. The van der Waals surface area contributed by atoms with Crippen LogP contribution in [0.4, 0.5) is 5.00 Å². The molecule has 1 unspecified atom stereocenters. The third kappa shape index (κ3) is 3.00. The monoisotopic (exact) mass is 231 g/mol. The van der Waals surface area contributed by atoms with Crippen LogP contribution in [0.25, 0.3) is 0 Å². The van der Waals surface area contributed by atoms with Crippen LogP contribution >= 0.6 is 11.3 Å². The van der Waals surface area contributed by atoms with Gasteiger partial charge in [0.1, 0.15) is 0 Å². The van der Waals surface area contributed by atoms with E-state index < -0.39 is 17.0 Å². The number of aliphatic carboxylic acids is 1. The molecule has 1 aromatic rings. The molecule has 15 heavy (non-hydrogen) atoms. The Morgan fingerprint density at radius 2 is 2.40 bits per heavy atom. The number of nitrogens with zero attached hydrogens (tertiary/aromatic N) is 1. The van der Waals surface area contributed by atoms with Crippen LogP contribution in [0, 0.1) is 10.1 Å². The van der Waals surface area contributed by atoms with Gasteiger partial charge in [-0.25, -0.2) is 4.79 Å². The van der Waals surface area contributed by atoms with E-state index >= 15 is 0 Å². The molecular weight excluding hydrogens is 222 g/mol. The number of methoxy groups -OCH3 is 1. The first kappa shape index (κ1) is 11.6. The van der Waals surface area contributed by atoms with Crippen LogP contribution in [0.3, 0.4) is 0 Å². The highest BCUT2D eigenvalue weighted by Crippen LogP contribution is 2.25. The summed E-state index contributed by atoms with van der Waals surface area (Å²) >= 11 is 0.960. The topological polar surface area (TPSA) is 89.7 Å². The normalized spacial score (nSPS) is 12.3. The average Bonchev–Trinajstić information content (AvgIpc) is 2.61. The highest BCUT2D eigenvalue weighted by atomic mass is 32.1. The lowest BCUT2D eigenvalue weighted by Crippen LogP contribution is -2.24. The van der Waals surface area contributed by atoms with Gasteiger partial charge in [0.2, 0.25) is 0 Å². The van der Waals surface area contributed by atoms with Crippen molar-refractivity contribution >= 4 is 22.3 Å². The summed E-state index contributed by atoms with van der Waals surface area (Å²) in [4.78, 5) is 21.1. The Labute approximate surface area is 89.3 Å². The van der Waals surface area contributed by atoms with E-state index in [0.717, 1.165) is 11.3 Å². The largest absolute Gasteiger partial charge is 0.479 e. The standard InChI is InChI=1S/C8H9NO5S/c1-14-6(8(10)11)4-5-2-3-7(15-5)9(12)13/h2-3,6H,4H2,1H3,(H,10,11). The summed E-state index contributed by atoms with van der Waals surface area (Å²) in [7, 11) is 1.29. The molecule has 0 amide bonds. The molecule has 0 bridgehead atoms. The van der Waals surface area contributed by atoms with Crippen molar-refractivity contribution in [2.75, 3.05) is 7.11 Å². The molecule has 0 radical (unpaired) electrons. The van der Waals surface area contributed by atoms with Crippen LogP contribution in [0.5, 0.6) is 0 Å². The van der Waals surface area contributed by atoms with E-state index in [0.29, 0.717) is 4.88 Å². The van der Waals surface area contributed by atoms with Crippen LogP contribution in [0.15, 0.2) is 12.1 Å². The summed E-state index contributed by atoms with van der Waals surface area (Å²) in [5, 5.41) is 19.1. The van der Waals surface area contributed by atoms with Crippen molar-refractivity contribution < 1.29 is 19.6 Å². The van der Waals surface area contributed by atoms with Crippen molar-refractivity contribution in [2.24, 2.45) is 0 Å². The molecule has 1 N–H and O–H groups in total. The summed E-state index contributed by atoms with van der Waals surface area (Å²) < 4.78 is 4.72. The molecule has 1 heterocycles. The molecule has 7 heteroatoms. The van der Waals surface area contributed by atoms with Gasteiger partial charge in [0, 0.05) is 24.5 Å². The van der Waals surface area contributed by atoms with Crippen molar-refractivity contribution in [1.29, 1.82) is 0 Å². The second kappa shape index (κ2) is 4.85. The number of ether oxygens (including phenoxy) is 1. The van der Waals surface area contributed by atoms with E-state index in [1.165, 1.54) is 19.2 Å². The summed E-state index contributed by atoms with van der Waals surface area (Å²) in [6.45, 7) is 0. The van der Waals surface area contributed by atoms with Gasteiger partial charge >= 0.3 is 11.0 Å². The van der Waals surface area contributed by atoms with Crippen molar-refractivity contribution in [3.8, 4) is 0 Å². The van der Waals surface area contributed by atoms with Gasteiger partial charge in [-0.1, -0.05) is 11.3 Å². The number of hydrogen-bond donors (Lipinski definition) is 1. The third-order valence-electron chi connectivity index (χ3n) is 1.77. The highest BCUT2D eigenvalue weighted by Gasteiger charge is 2.19. The predicted molar refractivity (Wildman–Crippen MR) is 53.1 cm³/mol. The first-order valence-electron chi connectivity index (χ1n) is 4.03. The zero-order chi connectivity index (χ0) is 11.4. The molecule has 82 valence electrons. The van der Waals surface area contributed by atoms with Gasteiger partial charge in [0.05, 0.1) is 4.92 Å². The van der Waals surface area contributed by atoms with Gasteiger partial charge in [-0.3, -0.25) is 10.1 Å². The van der Waals surface area contributed by atoms with Gasteiger partial charge in [0.25, 0.3) is 0 Å². The Morgan fingerprint density at radius 1 is 1.73 bits per heavy atom.